The van der Waals surface area contributed by atoms with E-state index in [1.165, 1.54) is 0 Å². The van der Waals surface area contributed by atoms with Gasteiger partial charge in [-0.2, -0.15) is 4.98 Å². The van der Waals surface area contributed by atoms with E-state index in [1.807, 2.05) is 24.3 Å². The summed E-state index contributed by atoms with van der Waals surface area (Å²) in [5.74, 6) is 3.87. The Morgan fingerprint density at radius 1 is 1.05 bits per heavy atom. The molecular weight excluding hydrogens is 502 g/mol. The summed E-state index contributed by atoms with van der Waals surface area (Å²) in [6.45, 7) is 11.2. The Bertz CT molecular complexity index is 1020. The number of rotatable bonds is 11. The van der Waals surface area contributed by atoms with Gasteiger partial charge in [-0.1, -0.05) is 13.8 Å². The maximum absolute atomic E-state index is 12.7. The highest BCUT2D eigenvalue weighted by Gasteiger charge is 2.34. The first-order chi connectivity index (χ1) is 18.6. The zero-order chi connectivity index (χ0) is 26.3. The Labute approximate surface area is 229 Å². The van der Waals surface area contributed by atoms with Gasteiger partial charge in [0.05, 0.1) is 0 Å². The first-order valence-electron chi connectivity index (χ1n) is 14.1. The summed E-state index contributed by atoms with van der Waals surface area (Å²) in [4.78, 5) is 15.1. The summed E-state index contributed by atoms with van der Waals surface area (Å²) < 4.78 is 30.4. The SMILES string of the molecule is CCN(CC)CCOc1ccc(OC2CCN(c3nc4c(c(NC5CCOCC5)n3)[S+]([O-])CC4)CC2)cc1. The molecule has 2 aromatic rings. The number of fused-ring (bicyclic) bond motifs is 1. The predicted molar refractivity (Wildman–Crippen MR) is 150 cm³/mol. The molecule has 0 aliphatic carbocycles. The van der Waals surface area contributed by atoms with E-state index in [-0.39, 0.29) is 6.10 Å². The van der Waals surface area contributed by atoms with Crippen molar-refractivity contribution in [2.24, 2.45) is 0 Å². The molecule has 1 atom stereocenters. The molecule has 0 radical (unpaired) electrons. The number of piperidine rings is 1. The molecule has 1 aromatic carbocycles. The van der Waals surface area contributed by atoms with Gasteiger partial charge in [-0.25, -0.2) is 4.98 Å². The zero-order valence-electron chi connectivity index (χ0n) is 22.7. The molecular formula is C28H41N5O4S. The second-order valence-electron chi connectivity index (χ2n) is 10.1. The van der Waals surface area contributed by atoms with Crippen molar-refractivity contribution in [3.05, 3.63) is 30.0 Å². The van der Waals surface area contributed by atoms with Crippen molar-refractivity contribution in [1.82, 2.24) is 14.9 Å². The van der Waals surface area contributed by atoms with Crippen LogP contribution in [-0.2, 0) is 22.3 Å². The van der Waals surface area contributed by atoms with Crippen molar-refractivity contribution in [3.63, 3.8) is 0 Å². The number of benzene rings is 1. The average molecular weight is 544 g/mol. The number of nitrogens with zero attached hydrogens (tertiary/aromatic N) is 4. The lowest BCUT2D eigenvalue weighted by atomic mass is 10.1. The Morgan fingerprint density at radius 3 is 2.47 bits per heavy atom. The van der Waals surface area contributed by atoms with Crippen LogP contribution in [0, 0.1) is 0 Å². The first-order valence-corrected chi connectivity index (χ1v) is 15.4. The fraction of sp³-hybridized carbons (Fsp3) is 0.643. The number of likely N-dealkylation sites (N-methyl/N-ethyl adjacent to an activating group) is 1. The van der Waals surface area contributed by atoms with E-state index in [4.69, 9.17) is 24.2 Å². The van der Waals surface area contributed by atoms with Crippen molar-refractivity contribution in [2.45, 2.75) is 63.0 Å². The average Bonchev–Trinajstić information content (AvgIpc) is 3.34. The van der Waals surface area contributed by atoms with Crippen LogP contribution in [0.5, 0.6) is 11.5 Å². The van der Waals surface area contributed by atoms with E-state index in [2.05, 4.69) is 29.0 Å². The highest BCUT2D eigenvalue weighted by Crippen LogP contribution is 2.34. The van der Waals surface area contributed by atoms with Crippen LogP contribution in [0.25, 0.3) is 0 Å². The monoisotopic (exact) mass is 543 g/mol. The molecule has 1 aromatic heterocycles. The quantitative estimate of drug-likeness (QED) is 0.427. The van der Waals surface area contributed by atoms with Crippen LogP contribution in [0.2, 0.25) is 0 Å². The van der Waals surface area contributed by atoms with Gasteiger partial charge >= 0.3 is 0 Å². The summed E-state index contributed by atoms with van der Waals surface area (Å²) >= 11 is -1.03. The van der Waals surface area contributed by atoms with E-state index in [0.717, 1.165) is 112 Å². The minimum absolute atomic E-state index is 0.155. The molecule has 0 spiro atoms. The zero-order valence-corrected chi connectivity index (χ0v) is 23.5. The third-order valence-electron chi connectivity index (χ3n) is 7.66. The van der Waals surface area contributed by atoms with Crippen LogP contribution in [0.3, 0.4) is 0 Å². The third-order valence-corrected chi connectivity index (χ3v) is 9.12. The summed E-state index contributed by atoms with van der Waals surface area (Å²) in [6, 6.07) is 8.27. The summed E-state index contributed by atoms with van der Waals surface area (Å²) in [5, 5.41) is 3.57. The molecule has 208 valence electrons. The molecule has 3 aliphatic heterocycles. The lowest BCUT2D eigenvalue weighted by Gasteiger charge is -2.32. The highest BCUT2D eigenvalue weighted by atomic mass is 32.2. The lowest BCUT2D eigenvalue weighted by Crippen LogP contribution is -2.39. The largest absolute Gasteiger partial charge is 0.611 e. The van der Waals surface area contributed by atoms with Gasteiger partial charge in [0.1, 0.15) is 35.7 Å². The Kier molecular flexibility index (Phi) is 9.48. The maximum atomic E-state index is 12.7. The Hall–Kier alpha value is -2.27. The molecule has 5 rings (SSSR count). The summed E-state index contributed by atoms with van der Waals surface area (Å²) in [5.41, 5.74) is 0.931. The van der Waals surface area contributed by atoms with Crippen molar-refractivity contribution >= 4 is 22.9 Å². The number of anilines is 2. The van der Waals surface area contributed by atoms with E-state index in [9.17, 15) is 4.55 Å². The topological polar surface area (TPSA) is 95.0 Å². The minimum Gasteiger partial charge on any atom is -0.611 e. The number of aromatic nitrogens is 2. The highest BCUT2D eigenvalue weighted by molar-refractivity contribution is 7.91. The van der Waals surface area contributed by atoms with Gasteiger partial charge in [0.15, 0.2) is 5.82 Å². The normalized spacial score (nSPS) is 20.5. The lowest BCUT2D eigenvalue weighted by molar-refractivity contribution is 0.0903. The van der Waals surface area contributed by atoms with Gasteiger partial charge < -0.3 is 33.9 Å². The van der Waals surface area contributed by atoms with Gasteiger partial charge in [-0.3, -0.25) is 0 Å². The molecule has 0 bridgehead atoms. The molecule has 2 saturated heterocycles. The van der Waals surface area contributed by atoms with Crippen molar-refractivity contribution in [2.75, 3.05) is 68.5 Å². The standard InChI is InChI=1S/C28H41N5O4S/c1-3-32(4-2)16-19-36-22-5-7-23(8-6-22)37-24-9-14-33(15-10-24)28-30-25-13-20-38(34)26(25)27(31-28)29-21-11-17-35-18-12-21/h5-8,21,24H,3-4,9-20H2,1-2H3,(H,29,30,31). The first kappa shape index (κ1) is 27.3. The molecule has 4 heterocycles. The third kappa shape index (κ3) is 6.83. The van der Waals surface area contributed by atoms with Crippen molar-refractivity contribution in [1.29, 1.82) is 0 Å². The van der Waals surface area contributed by atoms with E-state index < -0.39 is 11.2 Å². The van der Waals surface area contributed by atoms with Gasteiger partial charge in [0.2, 0.25) is 10.8 Å². The summed E-state index contributed by atoms with van der Waals surface area (Å²) in [6.07, 6.45) is 4.57. The fourth-order valence-corrected chi connectivity index (χ4v) is 6.59. The second-order valence-corrected chi connectivity index (χ2v) is 11.6. The van der Waals surface area contributed by atoms with E-state index in [0.29, 0.717) is 18.4 Å². The van der Waals surface area contributed by atoms with Crippen LogP contribution in [0.15, 0.2) is 29.2 Å². The minimum atomic E-state index is -1.03. The molecule has 38 heavy (non-hydrogen) atoms. The Morgan fingerprint density at radius 2 is 1.76 bits per heavy atom. The van der Waals surface area contributed by atoms with Gasteiger partial charge in [0.25, 0.3) is 0 Å². The van der Waals surface area contributed by atoms with Gasteiger partial charge in [-0.05, 0) is 61.4 Å². The molecule has 3 aliphatic rings. The molecule has 0 saturated carbocycles. The molecule has 1 N–H and O–H groups in total. The van der Waals surface area contributed by atoms with Crippen LogP contribution in [0.4, 0.5) is 11.8 Å². The number of nitrogens with one attached hydrogen (secondary N) is 1. The second kappa shape index (κ2) is 13.2. The Balaban J connectivity index is 1.14. The van der Waals surface area contributed by atoms with E-state index in [1.54, 1.807) is 0 Å². The molecule has 1 unspecified atom stereocenters. The number of hydrogen-bond acceptors (Lipinski definition) is 9. The molecule has 9 nitrogen and oxygen atoms in total. The molecule has 2 fully saturated rings. The predicted octanol–water partition coefficient (Wildman–Crippen LogP) is 3.50. The van der Waals surface area contributed by atoms with Crippen LogP contribution in [0.1, 0.15) is 45.2 Å². The number of ether oxygens (including phenoxy) is 3. The smallest absolute Gasteiger partial charge is 0.227 e. The van der Waals surface area contributed by atoms with Crippen LogP contribution >= 0.6 is 0 Å². The van der Waals surface area contributed by atoms with Crippen molar-refractivity contribution in [3.8, 4) is 11.5 Å². The maximum Gasteiger partial charge on any atom is 0.227 e. The fourth-order valence-electron chi connectivity index (χ4n) is 5.27. The number of hydrogen-bond donors (Lipinski definition) is 1. The molecule has 0 amide bonds. The number of aryl methyl sites for hydroxylation is 1. The summed E-state index contributed by atoms with van der Waals surface area (Å²) in [7, 11) is 0. The van der Waals surface area contributed by atoms with Gasteiger partial charge in [0, 0.05) is 58.2 Å². The van der Waals surface area contributed by atoms with Gasteiger partial charge in [-0.15, -0.1) is 0 Å². The van der Waals surface area contributed by atoms with E-state index >= 15 is 0 Å². The van der Waals surface area contributed by atoms with Crippen LogP contribution in [-0.4, -0.2) is 89.9 Å². The molecule has 10 heteroatoms. The van der Waals surface area contributed by atoms with Crippen molar-refractivity contribution < 1.29 is 18.8 Å². The van der Waals surface area contributed by atoms with Crippen LogP contribution < -0.4 is 19.7 Å².